The smallest absolute Gasteiger partial charge is 0.285 e. The second-order valence-electron chi connectivity index (χ2n) is 3.76. The number of carbonyl (C=O) groups is 1. The molecular formula is C11H11ClF2N2O3. The third-order valence-electron chi connectivity index (χ3n) is 2.41. The van der Waals surface area contributed by atoms with Crippen molar-refractivity contribution in [2.45, 2.75) is 18.7 Å². The second-order valence-corrected chi connectivity index (χ2v) is 4.37. The number of hydrogen-bond donors (Lipinski definition) is 1. The molecule has 1 unspecified atom stereocenters. The molecule has 1 N–H and O–H groups in total. The Balaban J connectivity index is 3.01. The molecule has 1 aromatic carbocycles. The van der Waals surface area contributed by atoms with Crippen LogP contribution in [0, 0.1) is 21.7 Å². The molecule has 1 rings (SSSR count). The predicted octanol–water partition coefficient (Wildman–Crippen LogP) is 2.62. The topological polar surface area (TPSA) is 72.2 Å². The molecule has 0 radical (unpaired) electrons. The standard InChI is InChI=1S/C11H11ClF2N2O3/c1-2-6(12)5-15-11(17)7-3-8(13)9(14)4-10(7)16(18)19/h3-4,6H,2,5H2,1H3,(H,15,17). The van der Waals surface area contributed by atoms with E-state index in [0.29, 0.717) is 18.6 Å². The van der Waals surface area contributed by atoms with Gasteiger partial charge in [-0.2, -0.15) is 0 Å². The van der Waals surface area contributed by atoms with E-state index in [4.69, 9.17) is 11.6 Å². The third-order valence-corrected chi connectivity index (χ3v) is 2.87. The molecule has 5 nitrogen and oxygen atoms in total. The van der Waals surface area contributed by atoms with Crippen molar-refractivity contribution >= 4 is 23.2 Å². The van der Waals surface area contributed by atoms with Crippen molar-refractivity contribution in [1.29, 1.82) is 0 Å². The molecule has 8 heteroatoms. The first-order valence-corrected chi connectivity index (χ1v) is 5.86. The Kier molecular flexibility index (Phi) is 5.17. The van der Waals surface area contributed by atoms with E-state index in [0.717, 1.165) is 0 Å². The van der Waals surface area contributed by atoms with E-state index < -0.39 is 33.7 Å². The Labute approximate surface area is 112 Å². The van der Waals surface area contributed by atoms with Crippen molar-refractivity contribution in [1.82, 2.24) is 5.32 Å². The zero-order valence-corrected chi connectivity index (χ0v) is 10.7. The van der Waals surface area contributed by atoms with Gasteiger partial charge in [-0.25, -0.2) is 8.78 Å². The summed E-state index contributed by atoms with van der Waals surface area (Å²) in [6.45, 7) is 1.87. The molecule has 0 fully saturated rings. The molecule has 0 aliphatic carbocycles. The number of nitrogens with zero attached hydrogens (tertiary/aromatic N) is 1. The van der Waals surface area contributed by atoms with Crippen molar-refractivity contribution in [2.75, 3.05) is 6.54 Å². The molecule has 0 spiro atoms. The van der Waals surface area contributed by atoms with Crippen LogP contribution < -0.4 is 5.32 Å². The van der Waals surface area contributed by atoms with Crippen LogP contribution in [0.4, 0.5) is 14.5 Å². The van der Waals surface area contributed by atoms with Crippen molar-refractivity contribution in [2.24, 2.45) is 0 Å². The van der Waals surface area contributed by atoms with E-state index in [1.165, 1.54) is 0 Å². The SMILES string of the molecule is CCC(Cl)CNC(=O)c1cc(F)c(F)cc1[N+](=O)[O-]. The summed E-state index contributed by atoms with van der Waals surface area (Å²) < 4.78 is 26.0. The molecule has 0 aliphatic rings. The Hall–Kier alpha value is -1.76. The van der Waals surface area contributed by atoms with E-state index in [-0.39, 0.29) is 11.9 Å². The molecule has 0 heterocycles. The summed E-state index contributed by atoms with van der Waals surface area (Å²) >= 11 is 5.77. The van der Waals surface area contributed by atoms with Crippen LogP contribution in [0.25, 0.3) is 0 Å². The minimum absolute atomic E-state index is 0.0764. The fourth-order valence-corrected chi connectivity index (χ4v) is 1.39. The molecule has 1 atom stereocenters. The van der Waals surface area contributed by atoms with Gasteiger partial charge in [0.25, 0.3) is 11.6 Å². The molecule has 0 saturated heterocycles. The van der Waals surface area contributed by atoms with Gasteiger partial charge in [0.2, 0.25) is 0 Å². The lowest BCUT2D eigenvalue weighted by Gasteiger charge is -2.09. The normalized spacial score (nSPS) is 12.0. The van der Waals surface area contributed by atoms with E-state index in [2.05, 4.69) is 5.32 Å². The van der Waals surface area contributed by atoms with E-state index >= 15 is 0 Å². The van der Waals surface area contributed by atoms with Gasteiger partial charge in [0.15, 0.2) is 11.6 Å². The van der Waals surface area contributed by atoms with Crippen molar-refractivity contribution in [3.8, 4) is 0 Å². The number of benzene rings is 1. The number of halogens is 3. The lowest BCUT2D eigenvalue weighted by molar-refractivity contribution is -0.385. The molecule has 0 aliphatic heterocycles. The number of amides is 1. The fourth-order valence-electron chi connectivity index (χ4n) is 1.31. The summed E-state index contributed by atoms with van der Waals surface area (Å²) in [5.41, 5.74) is -1.33. The van der Waals surface area contributed by atoms with Crippen LogP contribution in [0.5, 0.6) is 0 Å². The van der Waals surface area contributed by atoms with Crippen LogP contribution in [0.15, 0.2) is 12.1 Å². The molecule has 104 valence electrons. The summed E-state index contributed by atoms with van der Waals surface area (Å²) in [5.74, 6) is -3.58. The van der Waals surface area contributed by atoms with E-state index in [1.807, 2.05) is 0 Å². The van der Waals surface area contributed by atoms with Crippen LogP contribution in [0.1, 0.15) is 23.7 Å². The van der Waals surface area contributed by atoms with Crippen molar-refractivity contribution in [3.05, 3.63) is 39.4 Å². The fraction of sp³-hybridized carbons (Fsp3) is 0.364. The molecule has 0 bridgehead atoms. The van der Waals surface area contributed by atoms with Crippen molar-refractivity contribution < 1.29 is 18.5 Å². The van der Waals surface area contributed by atoms with Crippen LogP contribution in [-0.2, 0) is 0 Å². The van der Waals surface area contributed by atoms with Gasteiger partial charge < -0.3 is 5.32 Å². The largest absolute Gasteiger partial charge is 0.350 e. The van der Waals surface area contributed by atoms with Gasteiger partial charge in [-0.1, -0.05) is 6.92 Å². The van der Waals surface area contributed by atoms with Gasteiger partial charge in [0.1, 0.15) is 5.56 Å². The highest BCUT2D eigenvalue weighted by atomic mass is 35.5. The lowest BCUT2D eigenvalue weighted by atomic mass is 10.1. The Bertz CT molecular complexity index is 511. The summed E-state index contributed by atoms with van der Waals surface area (Å²) in [6, 6.07) is 0.875. The Morgan fingerprint density at radius 3 is 2.58 bits per heavy atom. The average Bonchev–Trinajstić information content (AvgIpc) is 2.37. The first-order chi connectivity index (χ1) is 8.86. The summed E-state index contributed by atoms with van der Waals surface area (Å²) in [6.07, 6.45) is 0.585. The minimum Gasteiger partial charge on any atom is -0.350 e. The highest BCUT2D eigenvalue weighted by molar-refractivity contribution is 6.20. The van der Waals surface area contributed by atoms with E-state index in [9.17, 15) is 23.7 Å². The van der Waals surface area contributed by atoms with Gasteiger partial charge in [-0.15, -0.1) is 11.6 Å². The van der Waals surface area contributed by atoms with Gasteiger partial charge in [-0.05, 0) is 12.5 Å². The Morgan fingerprint density at radius 2 is 2.05 bits per heavy atom. The number of nitrogens with one attached hydrogen (secondary N) is 1. The molecule has 1 aromatic rings. The number of nitro groups is 1. The monoisotopic (exact) mass is 292 g/mol. The summed E-state index contributed by atoms with van der Waals surface area (Å²) in [7, 11) is 0. The van der Waals surface area contributed by atoms with Crippen molar-refractivity contribution in [3.63, 3.8) is 0 Å². The van der Waals surface area contributed by atoms with Crippen LogP contribution in [0.3, 0.4) is 0 Å². The van der Waals surface area contributed by atoms with Crippen LogP contribution >= 0.6 is 11.6 Å². The van der Waals surface area contributed by atoms with Crippen LogP contribution in [0.2, 0.25) is 0 Å². The zero-order valence-electron chi connectivity index (χ0n) is 9.95. The minimum atomic E-state index is -1.38. The number of hydrogen-bond acceptors (Lipinski definition) is 3. The highest BCUT2D eigenvalue weighted by Gasteiger charge is 2.24. The van der Waals surface area contributed by atoms with E-state index in [1.54, 1.807) is 6.92 Å². The lowest BCUT2D eigenvalue weighted by Crippen LogP contribution is -2.30. The zero-order chi connectivity index (χ0) is 14.6. The van der Waals surface area contributed by atoms with Gasteiger partial charge >= 0.3 is 0 Å². The number of nitro benzene ring substituents is 1. The number of alkyl halides is 1. The maximum atomic E-state index is 13.0. The maximum Gasteiger partial charge on any atom is 0.285 e. The average molecular weight is 293 g/mol. The first kappa shape index (κ1) is 15.3. The summed E-state index contributed by atoms with van der Waals surface area (Å²) in [4.78, 5) is 21.4. The molecule has 0 aromatic heterocycles. The number of carbonyl (C=O) groups excluding carboxylic acids is 1. The van der Waals surface area contributed by atoms with Gasteiger partial charge in [0.05, 0.1) is 16.4 Å². The third kappa shape index (κ3) is 3.85. The molecule has 19 heavy (non-hydrogen) atoms. The second kappa shape index (κ2) is 6.42. The maximum absolute atomic E-state index is 13.0. The number of rotatable bonds is 5. The quantitative estimate of drug-likeness (QED) is 0.515. The highest BCUT2D eigenvalue weighted by Crippen LogP contribution is 2.22. The summed E-state index contributed by atoms with van der Waals surface area (Å²) in [5, 5.41) is 12.7. The Morgan fingerprint density at radius 1 is 1.47 bits per heavy atom. The van der Waals surface area contributed by atoms with Gasteiger partial charge in [0, 0.05) is 6.54 Å². The first-order valence-electron chi connectivity index (χ1n) is 5.42. The molecule has 1 amide bonds. The predicted molar refractivity (Wildman–Crippen MR) is 65.3 cm³/mol. The molecular weight excluding hydrogens is 282 g/mol. The van der Waals surface area contributed by atoms with Crippen LogP contribution in [-0.4, -0.2) is 22.8 Å². The van der Waals surface area contributed by atoms with Gasteiger partial charge in [-0.3, -0.25) is 14.9 Å². The molecule has 0 saturated carbocycles.